The number of carbonyl (C=O) groups is 2. The Hall–Kier alpha value is -2.83. The number of thiophene rings is 1. The van der Waals surface area contributed by atoms with Crippen LogP contribution in [0.1, 0.15) is 38.5 Å². The Morgan fingerprint density at radius 3 is 2.83 bits per heavy atom. The van der Waals surface area contributed by atoms with E-state index >= 15 is 0 Å². The Kier molecular flexibility index (Phi) is 5.30. The van der Waals surface area contributed by atoms with Gasteiger partial charge in [0, 0.05) is 21.5 Å². The summed E-state index contributed by atoms with van der Waals surface area (Å²) in [6.45, 7) is 1.94. The molecule has 7 heteroatoms. The summed E-state index contributed by atoms with van der Waals surface area (Å²) in [5.41, 5.74) is 8.81. The molecule has 148 valence electrons. The normalized spacial score (nSPS) is 13.0. The summed E-state index contributed by atoms with van der Waals surface area (Å²) >= 11 is 7.60. The van der Waals surface area contributed by atoms with E-state index in [0.717, 1.165) is 40.8 Å². The van der Waals surface area contributed by atoms with E-state index in [2.05, 4.69) is 5.32 Å². The molecule has 4 rings (SSSR count). The minimum absolute atomic E-state index is 0.344. The van der Waals surface area contributed by atoms with Gasteiger partial charge in [0.15, 0.2) is 0 Å². The first kappa shape index (κ1) is 19.5. The Morgan fingerprint density at radius 1 is 1.24 bits per heavy atom. The second kappa shape index (κ2) is 7.89. The summed E-state index contributed by atoms with van der Waals surface area (Å²) in [6, 6.07) is 9.31. The lowest BCUT2D eigenvalue weighted by Crippen LogP contribution is -2.16. The lowest BCUT2D eigenvalue weighted by molar-refractivity contribution is -0.111. The molecule has 5 nitrogen and oxygen atoms in total. The standard InChI is InChI=1S/C22H19ClN2O3S/c1-12-5-6-13(11-16(12)23)17-9-7-14(28-17)8-10-19(26)25-22-20(21(24)27)15-3-2-4-18(15)29-22/h5-11H,2-4H2,1H3,(H2,24,27)(H,25,26). The van der Waals surface area contributed by atoms with Crippen LogP contribution in [-0.2, 0) is 17.6 Å². The Labute approximate surface area is 177 Å². The first-order chi connectivity index (χ1) is 13.9. The van der Waals surface area contributed by atoms with Crippen LogP contribution >= 0.6 is 22.9 Å². The maximum atomic E-state index is 12.3. The zero-order chi connectivity index (χ0) is 20.5. The molecule has 0 unspecified atom stereocenters. The average Bonchev–Trinajstić information content (AvgIpc) is 3.37. The van der Waals surface area contributed by atoms with Gasteiger partial charge < -0.3 is 15.5 Å². The van der Waals surface area contributed by atoms with E-state index < -0.39 is 5.91 Å². The zero-order valence-electron chi connectivity index (χ0n) is 15.8. The lowest BCUT2D eigenvalue weighted by Gasteiger charge is -2.03. The SMILES string of the molecule is Cc1ccc(-c2ccc(C=CC(=O)Nc3sc4c(c3C(N)=O)CCC4)o2)cc1Cl. The fraction of sp³-hybridized carbons (Fsp3) is 0.182. The molecular formula is C22H19ClN2O3S. The highest BCUT2D eigenvalue weighted by Crippen LogP contribution is 2.38. The van der Waals surface area contributed by atoms with Crippen molar-refractivity contribution >= 4 is 45.8 Å². The molecule has 2 aromatic heterocycles. The highest BCUT2D eigenvalue weighted by molar-refractivity contribution is 7.17. The fourth-order valence-corrected chi connectivity index (χ4v) is 4.89. The molecule has 1 aliphatic rings. The van der Waals surface area contributed by atoms with Gasteiger partial charge in [-0.2, -0.15) is 0 Å². The van der Waals surface area contributed by atoms with Crippen molar-refractivity contribution in [1.82, 2.24) is 0 Å². The number of carbonyl (C=O) groups excluding carboxylic acids is 2. The van der Waals surface area contributed by atoms with E-state index in [-0.39, 0.29) is 5.91 Å². The second-order valence-corrected chi connectivity index (χ2v) is 8.43. The first-order valence-electron chi connectivity index (χ1n) is 9.22. The van der Waals surface area contributed by atoms with E-state index in [9.17, 15) is 9.59 Å². The number of fused-ring (bicyclic) bond motifs is 1. The van der Waals surface area contributed by atoms with E-state index in [1.54, 1.807) is 12.1 Å². The summed E-state index contributed by atoms with van der Waals surface area (Å²) in [5, 5.41) is 3.97. The van der Waals surface area contributed by atoms with Gasteiger partial charge in [-0.3, -0.25) is 9.59 Å². The Morgan fingerprint density at radius 2 is 2.07 bits per heavy atom. The van der Waals surface area contributed by atoms with E-state index in [0.29, 0.717) is 27.1 Å². The molecule has 0 atom stereocenters. The molecule has 1 aromatic carbocycles. The number of furan rings is 1. The van der Waals surface area contributed by atoms with Crippen molar-refractivity contribution in [2.75, 3.05) is 5.32 Å². The molecule has 2 heterocycles. The number of benzene rings is 1. The zero-order valence-corrected chi connectivity index (χ0v) is 17.3. The molecule has 0 fully saturated rings. The quantitative estimate of drug-likeness (QED) is 0.549. The molecule has 0 saturated heterocycles. The molecule has 0 saturated carbocycles. The van der Waals surface area contributed by atoms with Crippen molar-refractivity contribution < 1.29 is 14.0 Å². The molecule has 1 aliphatic carbocycles. The van der Waals surface area contributed by atoms with Crippen LogP contribution in [0, 0.1) is 6.92 Å². The molecule has 0 bridgehead atoms. The van der Waals surface area contributed by atoms with Crippen molar-refractivity contribution in [3.63, 3.8) is 0 Å². The summed E-state index contributed by atoms with van der Waals surface area (Å²) in [5.74, 6) is 0.355. The molecule has 29 heavy (non-hydrogen) atoms. The highest BCUT2D eigenvalue weighted by Gasteiger charge is 2.25. The molecule has 0 aliphatic heterocycles. The maximum Gasteiger partial charge on any atom is 0.251 e. The van der Waals surface area contributed by atoms with Crippen LogP contribution in [0.15, 0.2) is 40.8 Å². The van der Waals surface area contributed by atoms with Crippen LogP contribution in [0.25, 0.3) is 17.4 Å². The average molecular weight is 427 g/mol. The fourth-order valence-electron chi connectivity index (χ4n) is 3.41. The third kappa shape index (κ3) is 3.99. The molecule has 2 amide bonds. The highest BCUT2D eigenvalue weighted by atomic mass is 35.5. The van der Waals surface area contributed by atoms with Gasteiger partial charge >= 0.3 is 0 Å². The monoisotopic (exact) mass is 426 g/mol. The van der Waals surface area contributed by atoms with Crippen LogP contribution in [0.2, 0.25) is 5.02 Å². The number of anilines is 1. The summed E-state index contributed by atoms with van der Waals surface area (Å²) < 4.78 is 5.78. The number of hydrogen-bond donors (Lipinski definition) is 2. The molecule has 3 N–H and O–H groups in total. The van der Waals surface area contributed by atoms with Crippen LogP contribution in [0.3, 0.4) is 0 Å². The molecular weight excluding hydrogens is 408 g/mol. The van der Waals surface area contributed by atoms with Crippen LogP contribution in [0.4, 0.5) is 5.00 Å². The molecule has 3 aromatic rings. The third-order valence-electron chi connectivity index (χ3n) is 4.89. The summed E-state index contributed by atoms with van der Waals surface area (Å²) in [4.78, 5) is 25.3. The maximum absolute atomic E-state index is 12.3. The number of halogens is 1. The van der Waals surface area contributed by atoms with Gasteiger partial charge in [-0.1, -0.05) is 23.7 Å². The van der Waals surface area contributed by atoms with Gasteiger partial charge in [-0.05, 0) is 61.6 Å². The van der Waals surface area contributed by atoms with E-state index in [4.69, 9.17) is 21.8 Å². The van der Waals surface area contributed by atoms with E-state index in [1.807, 2.05) is 31.2 Å². The largest absolute Gasteiger partial charge is 0.457 e. The second-order valence-electron chi connectivity index (χ2n) is 6.91. The van der Waals surface area contributed by atoms with Crippen molar-refractivity contribution in [1.29, 1.82) is 0 Å². The van der Waals surface area contributed by atoms with Crippen molar-refractivity contribution in [2.45, 2.75) is 26.2 Å². The topological polar surface area (TPSA) is 85.3 Å². The smallest absolute Gasteiger partial charge is 0.251 e. The molecule has 0 radical (unpaired) electrons. The number of nitrogens with two attached hydrogens (primary N) is 1. The Balaban J connectivity index is 1.48. The van der Waals surface area contributed by atoms with Crippen molar-refractivity contribution in [3.8, 4) is 11.3 Å². The van der Waals surface area contributed by atoms with Crippen molar-refractivity contribution in [2.24, 2.45) is 5.73 Å². The number of nitrogens with one attached hydrogen (secondary N) is 1. The minimum Gasteiger partial charge on any atom is -0.457 e. The number of rotatable bonds is 5. The lowest BCUT2D eigenvalue weighted by atomic mass is 10.1. The predicted octanol–water partition coefficient (Wildman–Crippen LogP) is 5.21. The summed E-state index contributed by atoms with van der Waals surface area (Å²) in [7, 11) is 0. The van der Waals surface area contributed by atoms with Gasteiger partial charge in [-0.15, -0.1) is 11.3 Å². The van der Waals surface area contributed by atoms with Gasteiger partial charge in [0.1, 0.15) is 16.5 Å². The minimum atomic E-state index is -0.504. The number of amides is 2. The number of primary amides is 1. The van der Waals surface area contributed by atoms with Crippen LogP contribution in [0.5, 0.6) is 0 Å². The first-order valence-corrected chi connectivity index (χ1v) is 10.4. The van der Waals surface area contributed by atoms with E-state index in [1.165, 1.54) is 17.4 Å². The number of aryl methyl sites for hydroxylation is 2. The van der Waals surface area contributed by atoms with Gasteiger partial charge in [-0.25, -0.2) is 0 Å². The number of hydrogen-bond acceptors (Lipinski definition) is 4. The van der Waals surface area contributed by atoms with Gasteiger partial charge in [0.2, 0.25) is 5.91 Å². The van der Waals surface area contributed by atoms with Crippen LogP contribution < -0.4 is 11.1 Å². The molecule has 0 spiro atoms. The predicted molar refractivity (Wildman–Crippen MR) is 116 cm³/mol. The third-order valence-corrected chi connectivity index (χ3v) is 6.50. The summed E-state index contributed by atoms with van der Waals surface area (Å²) in [6.07, 6.45) is 5.72. The van der Waals surface area contributed by atoms with Crippen molar-refractivity contribution in [3.05, 3.63) is 68.8 Å². The van der Waals surface area contributed by atoms with Crippen LogP contribution in [-0.4, -0.2) is 11.8 Å². The van der Waals surface area contributed by atoms with Gasteiger partial charge in [0.05, 0.1) is 5.56 Å². The van der Waals surface area contributed by atoms with Gasteiger partial charge in [0.25, 0.3) is 5.91 Å². The Bertz CT molecular complexity index is 1140.